The first-order chi connectivity index (χ1) is 9.86. The summed E-state index contributed by atoms with van der Waals surface area (Å²) in [6.07, 6.45) is -0.796. The van der Waals surface area contributed by atoms with E-state index in [4.69, 9.17) is 0 Å². The van der Waals surface area contributed by atoms with Crippen molar-refractivity contribution in [3.63, 3.8) is 0 Å². The maximum Gasteiger partial charge on any atom is 0.143 e. The largest absolute Gasteiger partial charge is 0.299 e. The predicted molar refractivity (Wildman–Crippen MR) is 72.8 cm³/mol. The number of halogens is 5. The molecule has 21 heavy (non-hydrogen) atoms. The summed E-state index contributed by atoms with van der Waals surface area (Å²) in [5.41, 5.74) is -0.250. The molecule has 0 aromatic heterocycles. The first-order valence-electron chi connectivity index (χ1n) is 5.96. The highest BCUT2D eigenvalue weighted by molar-refractivity contribution is 9.10. The van der Waals surface area contributed by atoms with Gasteiger partial charge < -0.3 is 0 Å². The second-order valence-electron chi connectivity index (χ2n) is 4.49. The van der Waals surface area contributed by atoms with Gasteiger partial charge in [-0.05, 0) is 45.8 Å². The molecule has 0 N–H and O–H groups in total. The Labute approximate surface area is 126 Å². The lowest BCUT2D eigenvalue weighted by Gasteiger charge is -2.06. The molecule has 2 rings (SSSR count). The highest BCUT2D eigenvalue weighted by atomic mass is 79.9. The van der Waals surface area contributed by atoms with Gasteiger partial charge in [0.15, 0.2) is 0 Å². The van der Waals surface area contributed by atoms with Crippen molar-refractivity contribution < 1.29 is 22.4 Å². The van der Waals surface area contributed by atoms with E-state index in [2.05, 4.69) is 15.9 Å². The minimum Gasteiger partial charge on any atom is -0.299 e. The fourth-order valence-corrected chi connectivity index (χ4v) is 2.30. The van der Waals surface area contributed by atoms with Crippen LogP contribution in [0.2, 0.25) is 0 Å². The number of ketones is 1. The molecule has 0 fully saturated rings. The summed E-state index contributed by atoms with van der Waals surface area (Å²) < 4.78 is 53.3. The Morgan fingerprint density at radius 2 is 1.57 bits per heavy atom. The molecule has 0 heterocycles. The van der Waals surface area contributed by atoms with Gasteiger partial charge in [-0.15, -0.1) is 0 Å². The van der Waals surface area contributed by atoms with E-state index < -0.39 is 35.5 Å². The first kappa shape index (κ1) is 15.7. The van der Waals surface area contributed by atoms with Crippen LogP contribution in [0.1, 0.15) is 11.1 Å². The molecule has 0 bridgehead atoms. The minimum atomic E-state index is -0.853. The summed E-state index contributed by atoms with van der Waals surface area (Å²) in [7, 11) is 0. The van der Waals surface area contributed by atoms with E-state index in [1.54, 1.807) is 0 Å². The van der Waals surface area contributed by atoms with Gasteiger partial charge in [-0.1, -0.05) is 0 Å². The second-order valence-corrected chi connectivity index (χ2v) is 5.35. The van der Waals surface area contributed by atoms with Crippen molar-refractivity contribution >= 4 is 21.7 Å². The molecule has 6 heteroatoms. The number of Topliss-reactive ketones (excluding diaryl/α,β-unsaturated/α-hetero) is 1. The van der Waals surface area contributed by atoms with E-state index in [1.807, 2.05) is 0 Å². The van der Waals surface area contributed by atoms with Crippen molar-refractivity contribution in [3.05, 3.63) is 69.2 Å². The number of hydrogen-bond donors (Lipinski definition) is 0. The maximum atomic E-state index is 13.7. The molecule has 0 unspecified atom stereocenters. The minimum absolute atomic E-state index is 0.0449. The molecule has 0 aliphatic rings. The van der Waals surface area contributed by atoms with Crippen LogP contribution in [0.3, 0.4) is 0 Å². The quantitative estimate of drug-likeness (QED) is 0.584. The highest BCUT2D eigenvalue weighted by Crippen LogP contribution is 2.22. The molecule has 110 valence electrons. The number of carbonyl (C=O) groups excluding carboxylic acids is 1. The van der Waals surface area contributed by atoms with Crippen LogP contribution >= 0.6 is 15.9 Å². The SMILES string of the molecule is O=C(Cc1cc(F)cc(F)c1)Cc1c(F)ccc(Br)c1F. The van der Waals surface area contributed by atoms with Gasteiger partial charge in [-0.3, -0.25) is 4.79 Å². The van der Waals surface area contributed by atoms with Gasteiger partial charge in [0, 0.05) is 24.5 Å². The van der Waals surface area contributed by atoms with E-state index in [9.17, 15) is 22.4 Å². The van der Waals surface area contributed by atoms with Crippen LogP contribution in [0.25, 0.3) is 0 Å². The molecule has 2 aromatic carbocycles. The topological polar surface area (TPSA) is 17.1 Å². The smallest absolute Gasteiger partial charge is 0.143 e. The van der Waals surface area contributed by atoms with Crippen LogP contribution < -0.4 is 0 Å². The second kappa shape index (κ2) is 6.39. The molecule has 0 aliphatic carbocycles. The average molecular weight is 361 g/mol. The molecule has 0 amide bonds. The Kier molecular flexibility index (Phi) is 4.77. The normalized spacial score (nSPS) is 10.7. The lowest BCUT2D eigenvalue weighted by atomic mass is 10.0. The zero-order valence-electron chi connectivity index (χ0n) is 10.6. The summed E-state index contributed by atoms with van der Waals surface area (Å²) in [4.78, 5) is 11.8. The molecule has 0 saturated carbocycles. The van der Waals surface area contributed by atoms with Crippen LogP contribution in [0.15, 0.2) is 34.8 Å². The van der Waals surface area contributed by atoms with Crippen molar-refractivity contribution in [3.8, 4) is 0 Å². The van der Waals surface area contributed by atoms with Crippen molar-refractivity contribution in [2.75, 3.05) is 0 Å². The van der Waals surface area contributed by atoms with Gasteiger partial charge in [0.25, 0.3) is 0 Å². The summed E-state index contributed by atoms with van der Waals surface area (Å²) in [5, 5.41) is 0. The molecular weight excluding hydrogens is 352 g/mol. The van der Waals surface area contributed by atoms with Crippen molar-refractivity contribution in [1.82, 2.24) is 0 Å². The Balaban J connectivity index is 2.17. The fraction of sp³-hybridized carbons (Fsp3) is 0.133. The number of carbonyl (C=O) groups is 1. The molecular formula is C15H9BrF4O. The first-order valence-corrected chi connectivity index (χ1v) is 6.75. The van der Waals surface area contributed by atoms with Crippen LogP contribution in [0, 0.1) is 23.3 Å². The molecule has 0 radical (unpaired) electrons. The lowest BCUT2D eigenvalue weighted by molar-refractivity contribution is -0.117. The average Bonchev–Trinajstić information content (AvgIpc) is 2.38. The molecule has 2 aromatic rings. The number of benzene rings is 2. The van der Waals surface area contributed by atoms with Crippen molar-refractivity contribution in [2.24, 2.45) is 0 Å². The van der Waals surface area contributed by atoms with E-state index in [0.717, 1.165) is 18.2 Å². The van der Waals surface area contributed by atoms with Gasteiger partial charge in [0.2, 0.25) is 0 Å². The third-order valence-corrected chi connectivity index (χ3v) is 3.45. The molecule has 0 atom stereocenters. The van der Waals surface area contributed by atoms with E-state index in [-0.39, 0.29) is 22.0 Å². The van der Waals surface area contributed by atoms with Gasteiger partial charge in [0.05, 0.1) is 4.47 Å². The maximum absolute atomic E-state index is 13.7. The predicted octanol–water partition coefficient (Wildman–Crippen LogP) is 4.36. The third kappa shape index (κ3) is 3.91. The van der Waals surface area contributed by atoms with E-state index >= 15 is 0 Å². The van der Waals surface area contributed by atoms with Crippen LogP contribution in [-0.2, 0) is 17.6 Å². The molecule has 0 saturated heterocycles. The number of rotatable bonds is 4. The fourth-order valence-electron chi connectivity index (χ4n) is 1.93. The Morgan fingerprint density at radius 3 is 2.19 bits per heavy atom. The van der Waals surface area contributed by atoms with Crippen LogP contribution in [0.4, 0.5) is 17.6 Å². The van der Waals surface area contributed by atoms with Gasteiger partial charge >= 0.3 is 0 Å². The number of hydrogen-bond acceptors (Lipinski definition) is 1. The van der Waals surface area contributed by atoms with Crippen molar-refractivity contribution in [2.45, 2.75) is 12.8 Å². The van der Waals surface area contributed by atoms with E-state index in [0.29, 0.717) is 6.07 Å². The zero-order valence-corrected chi connectivity index (χ0v) is 12.2. The standard InChI is InChI=1S/C15H9BrF4O/c16-13-1-2-14(19)12(15(13)20)7-11(21)5-8-3-9(17)6-10(18)4-8/h1-4,6H,5,7H2. The molecule has 1 nitrogen and oxygen atoms in total. The van der Waals surface area contributed by atoms with Gasteiger partial charge in [-0.2, -0.15) is 0 Å². The van der Waals surface area contributed by atoms with Crippen LogP contribution in [-0.4, -0.2) is 5.78 Å². The highest BCUT2D eigenvalue weighted by Gasteiger charge is 2.16. The van der Waals surface area contributed by atoms with Gasteiger partial charge in [0.1, 0.15) is 29.1 Å². The summed E-state index contributed by atoms with van der Waals surface area (Å²) in [5.74, 6) is -3.85. The van der Waals surface area contributed by atoms with Gasteiger partial charge in [-0.25, -0.2) is 17.6 Å². The lowest BCUT2D eigenvalue weighted by Crippen LogP contribution is -2.10. The summed E-state index contributed by atoms with van der Waals surface area (Å²) in [6, 6.07) is 4.93. The van der Waals surface area contributed by atoms with Crippen LogP contribution in [0.5, 0.6) is 0 Å². The zero-order chi connectivity index (χ0) is 15.6. The Bertz CT molecular complexity index is 680. The third-order valence-electron chi connectivity index (χ3n) is 2.84. The summed E-state index contributed by atoms with van der Waals surface area (Å²) in [6.45, 7) is 0. The Morgan fingerprint density at radius 1 is 0.952 bits per heavy atom. The monoisotopic (exact) mass is 360 g/mol. The Hall–Kier alpha value is -1.69. The molecule has 0 aliphatic heterocycles. The van der Waals surface area contributed by atoms with Crippen molar-refractivity contribution in [1.29, 1.82) is 0 Å². The summed E-state index contributed by atoms with van der Waals surface area (Å²) >= 11 is 2.90. The van der Waals surface area contributed by atoms with E-state index in [1.165, 1.54) is 6.07 Å². The molecule has 0 spiro atoms.